The first-order valence-electron chi connectivity index (χ1n) is 6.14. The van der Waals surface area contributed by atoms with Gasteiger partial charge in [-0.2, -0.15) is 5.26 Å². The van der Waals surface area contributed by atoms with Crippen LogP contribution >= 0.6 is 11.6 Å². The molecule has 0 amide bonds. The van der Waals surface area contributed by atoms with Crippen molar-refractivity contribution in [2.45, 2.75) is 13.2 Å². The van der Waals surface area contributed by atoms with Crippen molar-refractivity contribution in [3.8, 4) is 11.8 Å². The Bertz CT molecular complexity index is 637. The third kappa shape index (κ3) is 3.70. The van der Waals surface area contributed by atoms with E-state index >= 15 is 0 Å². The molecule has 2 rings (SSSR count). The molecule has 102 valence electrons. The standard InChI is InChI=1S/C15H14ClN3O/c1-18-9-11-2-3-15(14(16)7-11)20-10-12-4-5-19-13(6-12)8-17/h2-7,18H,9-10H2,1H3. The van der Waals surface area contributed by atoms with Crippen molar-refractivity contribution in [2.24, 2.45) is 0 Å². The molecule has 0 spiro atoms. The molecule has 0 saturated heterocycles. The Morgan fingerprint density at radius 1 is 1.30 bits per heavy atom. The van der Waals surface area contributed by atoms with Gasteiger partial charge in [0.1, 0.15) is 24.1 Å². The maximum atomic E-state index is 8.79. The van der Waals surface area contributed by atoms with E-state index in [0.717, 1.165) is 17.7 Å². The Morgan fingerprint density at radius 2 is 2.15 bits per heavy atom. The first-order valence-corrected chi connectivity index (χ1v) is 6.51. The summed E-state index contributed by atoms with van der Waals surface area (Å²) in [4.78, 5) is 3.91. The Labute approximate surface area is 123 Å². The van der Waals surface area contributed by atoms with E-state index in [9.17, 15) is 0 Å². The lowest BCUT2D eigenvalue weighted by Gasteiger charge is -2.09. The average Bonchev–Trinajstić information content (AvgIpc) is 2.47. The van der Waals surface area contributed by atoms with Gasteiger partial charge >= 0.3 is 0 Å². The fourth-order valence-corrected chi connectivity index (χ4v) is 2.02. The molecule has 0 fully saturated rings. The molecule has 0 radical (unpaired) electrons. The summed E-state index contributed by atoms with van der Waals surface area (Å²) in [5.74, 6) is 0.627. The Morgan fingerprint density at radius 3 is 2.85 bits per heavy atom. The van der Waals surface area contributed by atoms with E-state index in [4.69, 9.17) is 21.6 Å². The second-order valence-corrected chi connectivity index (χ2v) is 4.65. The molecule has 1 N–H and O–H groups in total. The number of rotatable bonds is 5. The number of nitriles is 1. The minimum atomic E-state index is 0.349. The second-order valence-electron chi connectivity index (χ2n) is 4.24. The zero-order valence-electron chi connectivity index (χ0n) is 11.1. The van der Waals surface area contributed by atoms with E-state index in [-0.39, 0.29) is 0 Å². The van der Waals surface area contributed by atoms with E-state index in [0.29, 0.717) is 23.1 Å². The molecule has 0 aliphatic carbocycles. The third-order valence-electron chi connectivity index (χ3n) is 2.71. The number of hydrogen-bond acceptors (Lipinski definition) is 4. The molecule has 1 aromatic heterocycles. The van der Waals surface area contributed by atoms with Gasteiger partial charge in [-0.25, -0.2) is 4.98 Å². The summed E-state index contributed by atoms with van der Waals surface area (Å²) in [6.45, 7) is 1.11. The monoisotopic (exact) mass is 287 g/mol. The maximum absolute atomic E-state index is 8.79. The molecule has 2 aromatic rings. The Balaban J connectivity index is 2.05. The lowest BCUT2D eigenvalue weighted by molar-refractivity contribution is 0.306. The number of hydrogen-bond donors (Lipinski definition) is 1. The number of nitrogens with zero attached hydrogens (tertiary/aromatic N) is 2. The summed E-state index contributed by atoms with van der Waals surface area (Å²) >= 11 is 6.17. The van der Waals surface area contributed by atoms with Crippen LogP contribution in [0.5, 0.6) is 5.75 Å². The largest absolute Gasteiger partial charge is 0.487 e. The van der Waals surface area contributed by atoms with Crippen LogP contribution < -0.4 is 10.1 Å². The van der Waals surface area contributed by atoms with E-state index in [1.54, 1.807) is 12.3 Å². The number of nitrogens with one attached hydrogen (secondary N) is 1. The first-order chi connectivity index (χ1) is 9.72. The lowest BCUT2D eigenvalue weighted by Crippen LogP contribution is -2.05. The maximum Gasteiger partial charge on any atom is 0.140 e. The highest BCUT2D eigenvalue weighted by Gasteiger charge is 2.04. The van der Waals surface area contributed by atoms with Gasteiger partial charge in [-0.05, 0) is 42.4 Å². The number of benzene rings is 1. The summed E-state index contributed by atoms with van der Waals surface area (Å²) < 4.78 is 5.67. The number of pyridine rings is 1. The van der Waals surface area contributed by atoms with E-state index in [1.807, 2.05) is 37.4 Å². The number of aromatic nitrogens is 1. The molecule has 1 aromatic carbocycles. The smallest absolute Gasteiger partial charge is 0.140 e. The van der Waals surface area contributed by atoms with Crippen molar-refractivity contribution >= 4 is 11.6 Å². The van der Waals surface area contributed by atoms with Gasteiger partial charge in [-0.15, -0.1) is 0 Å². The normalized spacial score (nSPS) is 10.1. The highest BCUT2D eigenvalue weighted by atomic mass is 35.5. The zero-order valence-corrected chi connectivity index (χ0v) is 11.8. The second kappa shape index (κ2) is 6.90. The summed E-state index contributed by atoms with van der Waals surface area (Å²) in [5, 5.41) is 12.4. The molecule has 0 unspecified atom stereocenters. The fourth-order valence-electron chi connectivity index (χ4n) is 1.76. The predicted molar refractivity (Wildman–Crippen MR) is 77.5 cm³/mol. The highest BCUT2D eigenvalue weighted by Crippen LogP contribution is 2.26. The molecule has 0 bridgehead atoms. The summed E-state index contributed by atoms with van der Waals surface area (Å²) in [6.07, 6.45) is 1.59. The van der Waals surface area contributed by atoms with Gasteiger partial charge in [-0.1, -0.05) is 17.7 Å². The molecule has 5 heteroatoms. The van der Waals surface area contributed by atoms with Crippen molar-refractivity contribution in [1.29, 1.82) is 5.26 Å². The first kappa shape index (κ1) is 14.3. The summed E-state index contributed by atoms with van der Waals surface area (Å²) in [5.41, 5.74) is 2.36. The molecular weight excluding hydrogens is 274 g/mol. The molecule has 4 nitrogen and oxygen atoms in total. The topological polar surface area (TPSA) is 57.9 Å². The zero-order chi connectivity index (χ0) is 14.4. The SMILES string of the molecule is CNCc1ccc(OCc2ccnc(C#N)c2)c(Cl)c1. The van der Waals surface area contributed by atoms with Crippen molar-refractivity contribution in [3.05, 3.63) is 58.4 Å². The van der Waals surface area contributed by atoms with Crippen LogP contribution in [0, 0.1) is 11.3 Å². The van der Waals surface area contributed by atoms with Gasteiger partial charge in [0.05, 0.1) is 5.02 Å². The molecule has 20 heavy (non-hydrogen) atoms. The highest BCUT2D eigenvalue weighted by molar-refractivity contribution is 6.32. The van der Waals surface area contributed by atoms with Crippen LogP contribution in [-0.2, 0) is 13.2 Å². The minimum Gasteiger partial charge on any atom is -0.487 e. The van der Waals surface area contributed by atoms with Crippen LogP contribution in [0.1, 0.15) is 16.8 Å². The van der Waals surface area contributed by atoms with Gasteiger partial charge in [0.15, 0.2) is 0 Å². The van der Waals surface area contributed by atoms with Crippen LogP contribution in [0.15, 0.2) is 36.5 Å². The van der Waals surface area contributed by atoms with Crippen LogP contribution in [0.2, 0.25) is 5.02 Å². The van der Waals surface area contributed by atoms with Gasteiger partial charge in [-0.3, -0.25) is 0 Å². The summed E-state index contributed by atoms with van der Waals surface area (Å²) in [7, 11) is 1.88. The van der Waals surface area contributed by atoms with Crippen molar-refractivity contribution in [2.75, 3.05) is 7.05 Å². The van der Waals surface area contributed by atoms with E-state index < -0.39 is 0 Å². The Kier molecular flexibility index (Phi) is 4.94. The van der Waals surface area contributed by atoms with Gasteiger partial charge in [0, 0.05) is 12.7 Å². The van der Waals surface area contributed by atoms with Gasteiger partial charge in [0.25, 0.3) is 0 Å². The minimum absolute atomic E-state index is 0.349. The quantitative estimate of drug-likeness (QED) is 0.918. The predicted octanol–water partition coefficient (Wildman–Crippen LogP) is 2.91. The van der Waals surface area contributed by atoms with Gasteiger partial charge in [0.2, 0.25) is 0 Å². The van der Waals surface area contributed by atoms with E-state index in [2.05, 4.69) is 10.3 Å². The average molecular weight is 288 g/mol. The number of ether oxygens (including phenoxy) is 1. The fraction of sp³-hybridized carbons (Fsp3) is 0.200. The Hall–Kier alpha value is -2.09. The third-order valence-corrected chi connectivity index (χ3v) is 3.01. The van der Waals surface area contributed by atoms with Crippen LogP contribution in [0.3, 0.4) is 0 Å². The van der Waals surface area contributed by atoms with Crippen molar-refractivity contribution in [3.63, 3.8) is 0 Å². The summed E-state index contributed by atoms with van der Waals surface area (Å²) in [6, 6.07) is 11.2. The lowest BCUT2D eigenvalue weighted by atomic mass is 10.2. The molecule has 0 aliphatic heterocycles. The van der Waals surface area contributed by atoms with Crippen LogP contribution in [0.4, 0.5) is 0 Å². The van der Waals surface area contributed by atoms with Crippen LogP contribution in [0.25, 0.3) is 0 Å². The van der Waals surface area contributed by atoms with Crippen molar-refractivity contribution < 1.29 is 4.74 Å². The molecular formula is C15H14ClN3O. The molecule has 1 heterocycles. The molecule has 0 saturated carbocycles. The van der Waals surface area contributed by atoms with E-state index in [1.165, 1.54) is 0 Å². The molecule has 0 atom stereocenters. The molecule has 0 aliphatic rings. The van der Waals surface area contributed by atoms with Crippen LogP contribution in [-0.4, -0.2) is 12.0 Å². The van der Waals surface area contributed by atoms with Crippen molar-refractivity contribution in [1.82, 2.24) is 10.3 Å². The van der Waals surface area contributed by atoms with Gasteiger partial charge < -0.3 is 10.1 Å². The number of halogens is 1.